The highest BCUT2D eigenvalue weighted by Crippen LogP contribution is 2.21. The second-order valence-corrected chi connectivity index (χ2v) is 8.36. The van der Waals surface area contributed by atoms with Crippen molar-refractivity contribution in [1.29, 1.82) is 0 Å². The first-order valence-corrected chi connectivity index (χ1v) is 11.4. The van der Waals surface area contributed by atoms with Crippen molar-refractivity contribution in [2.24, 2.45) is 0 Å². The summed E-state index contributed by atoms with van der Waals surface area (Å²) in [6.07, 6.45) is 2.26. The molecule has 1 atom stereocenters. The summed E-state index contributed by atoms with van der Waals surface area (Å²) in [6, 6.07) is 15.5. The van der Waals surface area contributed by atoms with Gasteiger partial charge in [0.15, 0.2) is 0 Å². The number of carbonyl (C=O) groups excluding carboxylic acids is 1. The van der Waals surface area contributed by atoms with E-state index in [1.54, 1.807) is 29.8 Å². The smallest absolute Gasteiger partial charge is 0.227 e. The molecular weight excluding hydrogens is 441 g/mol. The third-order valence-corrected chi connectivity index (χ3v) is 6.01. The minimum Gasteiger partial charge on any atom is -0.347 e. The number of benzene rings is 2. The Morgan fingerprint density at radius 3 is 2.82 bits per heavy atom. The molecule has 1 amide bonds. The van der Waals surface area contributed by atoms with E-state index in [1.807, 2.05) is 45.7 Å². The van der Waals surface area contributed by atoms with Crippen LogP contribution in [0.3, 0.4) is 0 Å². The van der Waals surface area contributed by atoms with Gasteiger partial charge in [0.2, 0.25) is 17.6 Å². The number of hydrogen-bond acceptors (Lipinski definition) is 6. The molecule has 0 fully saturated rings. The standard InChI is InChI=1S/C24H20FN5O2S/c25-18-7-5-16(6-8-18)20(13-30-15-26-19-3-1-2-4-21(19)30)27-22(31)9-10-23-28-24(29-32-23)17-11-12-33-14-17/h1-8,11-12,14-15,20H,9-10,13H2,(H,27,31)/t20-/m0/s1. The van der Waals surface area contributed by atoms with Crippen LogP contribution in [-0.4, -0.2) is 25.6 Å². The molecule has 9 heteroatoms. The van der Waals surface area contributed by atoms with Crippen LogP contribution >= 0.6 is 11.3 Å². The molecule has 0 saturated heterocycles. The Hall–Kier alpha value is -3.85. The summed E-state index contributed by atoms with van der Waals surface area (Å²) in [7, 11) is 0. The van der Waals surface area contributed by atoms with Gasteiger partial charge < -0.3 is 14.4 Å². The van der Waals surface area contributed by atoms with E-state index >= 15 is 0 Å². The Morgan fingerprint density at radius 1 is 1.15 bits per heavy atom. The van der Waals surface area contributed by atoms with Crippen molar-refractivity contribution in [2.45, 2.75) is 25.4 Å². The molecule has 0 aliphatic rings. The summed E-state index contributed by atoms with van der Waals surface area (Å²) < 4.78 is 20.8. The number of para-hydroxylation sites is 2. The zero-order valence-electron chi connectivity index (χ0n) is 17.5. The molecule has 2 aromatic carbocycles. The molecule has 7 nitrogen and oxygen atoms in total. The van der Waals surface area contributed by atoms with Crippen molar-refractivity contribution in [3.8, 4) is 11.4 Å². The summed E-state index contributed by atoms with van der Waals surface area (Å²) in [5, 5.41) is 10.9. The monoisotopic (exact) mass is 461 g/mol. The second kappa shape index (κ2) is 9.33. The molecule has 0 bridgehead atoms. The van der Waals surface area contributed by atoms with Gasteiger partial charge in [-0.3, -0.25) is 4.79 Å². The van der Waals surface area contributed by atoms with E-state index in [0.29, 0.717) is 24.7 Å². The van der Waals surface area contributed by atoms with Gasteiger partial charge in [-0.25, -0.2) is 9.37 Å². The maximum Gasteiger partial charge on any atom is 0.227 e. The molecule has 33 heavy (non-hydrogen) atoms. The first-order valence-electron chi connectivity index (χ1n) is 10.5. The fourth-order valence-corrected chi connectivity index (χ4v) is 4.27. The van der Waals surface area contributed by atoms with Crippen LogP contribution in [0.5, 0.6) is 0 Å². The van der Waals surface area contributed by atoms with E-state index < -0.39 is 0 Å². The van der Waals surface area contributed by atoms with E-state index in [2.05, 4.69) is 20.4 Å². The number of amides is 1. The molecule has 0 unspecified atom stereocenters. The lowest BCUT2D eigenvalue weighted by molar-refractivity contribution is -0.122. The molecule has 0 aliphatic carbocycles. The zero-order valence-corrected chi connectivity index (χ0v) is 18.3. The summed E-state index contributed by atoms with van der Waals surface area (Å²) in [4.78, 5) is 21.6. The number of hydrogen-bond donors (Lipinski definition) is 1. The lowest BCUT2D eigenvalue weighted by Gasteiger charge is -2.20. The molecule has 0 saturated carbocycles. The summed E-state index contributed by atoms with van der Waals surface area (Å²) in [6.45, 7) is 0.459. The van der Waals surface area contributed by atoms with Gasteiger partial charge in [-0.2, -0.15) is 16.3 Å². The van der Waals surface area contributed by atoms with Crippen molar-refractivity contribution in [3.63, 3.8) is 0 Å². The third kappa shape index (κ3) is 4.83. The molecule has 5 rings (SSSR count). The fourth-order valence-electron chi connectivity index (χ4n) is 3.63. The van der Waals surface area contributed by atoms with Crippen LogP contribution in [0.4, 0.5) is 4.39 Å². The van der Waals surface area contributed by atoms with E-state index in [0.717, 1.165) is 22.2 Å². The van der Waals surface area contributed by atoms with Crippen molar-refractivity contribution in [2.75, 3.05) is 0 Å². The number of fused-ring (bicyclic) bond motifs is 1. The highest BCUT2D eigenvalue weighted by atomic mass is 32.1. The number of imidazole rings is 1. The Morgan fingerprint density at radius 2 is 2.00 bits per heavy atom. The number of aryl methyl sites for hydroxylation is 1. The second-order valence-electron chi connectivity index (χ2n) is 7.58. The minimum absolute atomic E-state index is 0.163. The van der Waals surface area contributed by atoms with E-state index in [9.17, 15) is 9.18 Å². The molecule has 0 spiro atoms. The van der Waals surface area contributed by atoms with Gasteiger partial charge in [-0.15, -0.1) is 0 Å². The lowest BCUT2D eigenvalue weighted by Crippen LogP contribution is -2.31. The maximum absolute atomic E-state index is 13.5. The Bertz CT molecular complexity index is 1360. The first-order chi connectivity index (χ1) is 16.2. The first kappa shape index (κ1) is 21.0. The van der Waals surface area contributed by atoms with E-state index in [1.165, 1.54) is 12.1 Å². The van der Waals surface area contributed by atoms with Gasteiger partial charge in [0.1, 0.15) is 5.82 Å². The topological polar surface area (TPSA) is 85.8 Å². The van der Waals surface area contributed by atoms with Gasteiger partial charge in [0.25, 0.3) is 0 Å². The SMILES string of the molecule is O=C(CCc1nc(-c2ccsc2)no1)N[C@@H](Cn1cnc2ccccc21)c1ccc(F)cc1. The largest absolute Gasteiger partial charge is 0.347 e. The minimum atomic E-state index is -0.361. The third-order valence-electron chi connectivity index (χ3n) is 5.33. The molecule has 0 radical (unpaired) electrons. The lowest BCUT2D eigenvalue weighted by atomic mass is 10.1. The highest BCUT2D eigenvalue weighted by molar-refractivity contribution is 7.08. The normalized spacial score (nSPS) is 12.2. The number of thiophene rings is 1. The molecule has 0 aliphatic heterocycles. The van der Waals surface area contributed by atoms with Crippen LogP contribution in [0.25, 0.3) is 22.4 Å². The Balaban J connectivity index is 1.29. The molecule has 5 aromatic rings. The summed E-state index contributed by atoms with van der Waals surface area (Å²) >= 11 is 1.55. The number of nitrogens with zero attached hydrogens (tertiary/aromatic N) is 4. The van der Waals surface area contributed by atoms with Gasteiger partial charge in [0, 0.05) is 30.3 Å². The van der Waals surface area contributed by atoms with Crippen LogP contribution in [0.1, 0.15) is 23.9 Å². The predicted octanol–water partition coefficient (Wildman–Crippen LogP) is 4.78. The van der Waals surface area contributed by atoms with Crippen molar-refractivity contribution < 1.29 is 13.7 Å². The Kier molecular flexibility index (Phi) is 5.95. The molecule has 1 N–H and O–H groups in total. The van der Waals surface area contributed by atoms with Crippen LogP contribution in [0.15, 0.2) is 76.2 Å². The van der Waals surface area contributed by atoms with E-state index in [-0.39, 0.29) is 24.2 Å². The van der Waals surface area contributed by atoms with Crippen LogP contribution in [0.2, 0.25) is 0 Å². The maximum atomic E-state index is 13.5. The average Bonchev–Trinajstić information content (AvgIpc) is 3.59. The van der Waals surface area contributed by atoms with Crippen molar-refractivity contribution >= 4 is 28.3 Å². The molecular formula is C24H20FN5O2S. The summed E-state index contributed by atoms with van der Waals surface area (Å²) in [5.74, 6) is 0.437. The number of rotatable bonds is 8. The van der Waals surface area contributed by atoms with Crippen LogP contribution < -0.4 is 5.32 Å². The van der Waals surface area contributed by atoms with Gasteiger partial charge >= 0.3 is 0 Å². The summed E-state index contributed by atoms with van der Waals surface area (Å²) in [5.41, 5.74) is 3.54. The highest BCUT2D eigenvalue weighted by Gasteiger charge is 2.18. The number of nitrogens with one attached hydrogen (secondary N) is 1. The van der Waals surface area contributed by atoms with E-state index in [4.69, 9.17) is 4.52 Å². The molecule has 166 valence electrons. The van der Waals surface area contributed by atoms with Gasteiger partial charge in [-0.05, 0) is 41.3 Å². The quantitative estimate of drug-likeness (QED) is 0.360. The van der Waals surface area contributed by atoms with Gasteiger partial charge in [-0.1, -0.05) is 29.4 Å². The van der Waals surface area contributed by atoms with Crippen molar-refractivity contribution in [3.05, 3.63) is 89.0 Å². The zero-order chi connectivity index (χ0) is 22.6. The number of aromatic nitrogens is 4. The van der Waals surface area contributed by atoms with Crippen LogP contribution in [-0.2, 0) is 17.8 Å². The number of carbonyl (C=O) groups is 1. The average molecular weight is 462 g/mol. The van der Waals surface area contributed by atoms with Crippen LogP contribution in [0, 0.1) is 5.82 Å². The molecule has 3 heterocycles. The van der Waals surface area contributed by atoms with Crippen molar-refractivity contribution in [1.82, 2.24) is 25.0 Å². The Labute approximate surface area is 192 Å². The fraction of sp³-hybridized carbons (Fsp3) is 0.167. The number of halogens is 1. The molecule has 3 aromatic heterocycles. The van der Waals surface area contributed by atoms with Gasteiger partial charge in [0.05, 0.1) is 23.4 Å². The predicted molar refractivity (Wildman–Crippen MR) is 123 cm³/mol.